The van der Waals surface area contributed by atoms with Gasteiger partial charge in [0.2, 0.25) is 10.9 Å². The Hall–Kier alpha value is -2.42. The van der Waals surface area contributed by atoms with Gasteiger partial charge in [0.15, 0.2) is 0 Å². The molecular formula is C52H96N2O7. The zero-order chi connectivity index (χ0) is 44.6. The second kappa shape index (κ2) is 40.4. The Morgan fingerprint density at radius 1 is 0.541 bits per heavy atom. The summed E-state index contributed by atoms with van der Waals surface area (Å²) < 4.78 is 16.8. The van der Waals surface area contributed by atoms with E-state index in [1.165, 1.54) is 96.3 Å². The van der Waals surface area contributed by atoms with Gasteiger partial charge in [-0.3, -0.25) is 14.4 Å². The topological polar surface area (TPSA) is 111 Å². The van der Waals surface area contributed by atoms with Crippen molar-refractivity contribution in [2.45, 2.75) is 253 Å². The lowest BCUT2D eigenvalue weighted by atomic mass is 10.0. The zero-order valence-corrected chi connectivity index (χ0v) is 40.5. The van der Waals surface area contributed by atoms with Gasteiger partial charge < -0.3 is 24.4 Å². The number of nitrogens with one attached hydrogen (secondary N) is 1. The first-order chi connectivity index (χ1) is 29.8. The quantitative estimate of drug-likeness (QED) is 0.0389. The van der Waals surface area contributed by atoms with Gasteiger partial charge in [-0.05, 0) is 96.2 Å². The Kier molecular flexibility index (Phi) is 37.4. The largest absolute Gasteiger partial charge is 0.508 e. The molecule has 1 unspecified atom stereocenters. The molecule has 0 aromatic heterocycles. The average Bonchev–Trinajstić information content (AvgIpc) is 3.26. The summed E-state index contributed by atoms with van der Waals surface area (Å²) >= 11 is 0. The summed E-state index contributed by atoms with van der Waals surface area (Å²) in [5.74, 6) is 0.271. The smallest absolute Gasteiger partial charge is 0.462 e. The van der Waals surface area contributed by atoms with Crippen molar-refractivity contribution in [2.75, 3.05) is 44.7 Å². The van der Waals surface area contributed by atoms with E-state index in [9.17, 15) is 19.2 Å². The van der Waals surface area contributed by atoms with E-state index < -0.39 is 6.16 Å². The molecule has 1 N–H and O–H groups in total. The summed E-state index contributed by atoms with van der Waals surface area (Å²) in [5, 5.41) is 3.27. The van der Waals surface area contributed by atoms with Crippen molar-refractivity contribution in [1.29, 1.82) is 0 Å². The summed E-state index contributed by atoms with van der Waals surface area (Å²) in [7, 11) is 0. The van der Waals surface area contributed by atoms with Gasteiger partial charge in [0, 0.05) is 18.5 Å². The van der Waals surface area contributed by atoms with Crippen LogP contribution in [0, 0.1) is 5.92 Å². The summed E-state index contributed by atoms with van der Waals surface area (Å²) in [6.45, 7) is 15.3. The molecule has 1 atom stereocenters. The molecule has 0 radical (unpaired) electrons. The number of carbonyl (C=O) groups excluding carboxylic acids is 2. The first kappa shape index (κ1) is 56.6. The molecule has 0 saturated heterocycles. The Morgan fingerprint density at radius 2 is 1.03 bits per heavy atom. The van der Waals surface area contributed by atoms with E-state index in [0.717, 1.165) is 122 Å². The maximum atomic E-state index is 12.9. The number of unbranched alkanes of at least 4 members (excludes halogenated alkanes) is 21. The van der Waals surface area contributed by atoms with Crippen LogP contribution in [0.3, 0.4) is 0 Å². The van der Waals surface area contributed by atoms with Crippen molar-refractivity contribution in [3.63, 3.8) is 0 Å². The van der Waals surface area contributed by atoms with Crippen LogP contribution in [-0.4, -0.2) is 62.5 Å². The Morgan fingerprint density at radius 3 is 1.62 bits per heavy atom. The van der Waals surface area contributed by atoms with E-state index in [2.05, 4.69) is 37.9 Å². The second-order valence-electron chi connectivity index (χ2n) is 18.3. The van der Waals surface area contributed by atoms with Gasteiger partial charge in [-0.15, -0.1) is 0 Å². The molecule has 9 nitrogen and oxygen atoms in total. The van der Waals surface area contributed by atoms with Gasteiger partial charge in [-0.25, -0.2) is 4.79 Å². The molecule has 0 saturated carbocycles. The minimum Gasteiger partial charge on any atom is -0.462 e. The molecule has 0 heterocycles. The van der Waals surface area contributed by atoms with E-state index in [-0.39, 0.29) is 28.8 Å². The number of nitrogens with zero attached hydrogens (tertiary/aromatic N) is 1. The van der Waals surface area contributed by atoms with Crippen LogP contribution in [0.5, 0.6) is 0 Å². The van der Waals surface area contributed by atoms with Crippen molar-refractivity contribution in [1.82, 2.24) is 4.90 Å². The molecule has 0 bridgehead atoms. The Labute approximate surface area is 374 Å². The minimum absolute atomic E-state index is 0.00749. The van der Waals surface area contributed by atoms with Crippen LogP contribution in [0.1, 0.15) is 246 Å². The predicted octanol–water partition coefficient (Wildman–Crippen LogP) is 13.8. The standard InChI is InChI=1S/C52H96N2O7/c1-6-10-13-16-19-25-32-43-59-52(58)60-44-45(5)35-29-31-41-54(42-33-39-53-49-47(34-9-4)50(56)51(49)57)40-30-24-20-23-28-38-48(55)61-46(36-26-21-17-14-11-7-2)37-27-22-18-15-12-8-3/h45-46,53H,6-44H2,1-5H3. The van der Waals surface area contributed by atoms with Crippen molar-refractivity contribution < 1.29 is 23.8 Å². The van der Waals surface area contributed by atoms with E-state index >= 15 is 0 Å². The van der Waals surface area contributed by atoms with Crippen LogP contribution in [0.4, 0.5) is 10.5 Å². The first-order valence-corrected chi connectivity index (χ1v) is 26.0. The highest BCUT2D eigenvalue weighted by atomic mass is 16.7. The van der Waals surface area contributed by atoms with Crippen LogP contribution in [0.15, 0.2) is 9.59 Å². The number of hydrogen-bond donors (Lipinski definition) is 1. The third-order valence-electron chi connectivity index (χ3n) is 12.2. The molecule has 1 aromatic rings. The molecule has 1 rings (SSSR count). The van der Waals surface area contributed by atoms with E-state index in [1.54, 1.807) is 0 Å². The van der Waals surface area contributed by atoms with Crippen LogP contribution >= 0.6 is 0 Å². The monoisotopic (exact) mass is 861 g/mol. The zero-order valence-electron chi connectivity index (χ0n) is 40.5. The molecule has 1 aromatic carbocycles. The maximum absolute atomic E-state index is 12.9. The van der Waals surface area contributed by atoms with E-state index in [1.807, 2.05) is 6.92 Å². The fourth-order valence-corrected chi connectivity index (χ4v) is 8.29. The number of anilines is 1. The first-order valence-electron chi connectivity index (χ1n) is 26.0. The predicted molar refractivity (Wildman–Crippen MR) is 257 cm³/mol. The van der Waals surface area contributed by atoms with E-state index in [0.29, 0.717) is 43.9 Å². The van der Waals surface area contributed by atoms with Gasteiger partial charge in [-0.1, -0.05) is 169 Å². The highest BCUT2D eigenvalue weighted by Crippen LogP contribution is 2.19. The normalized spacial score (nSPS) is 12.1. The summed E-state index contributed by atoms with van der Waals surface area (Å²) in [6, 6.07) is 0. The third kappa shape index (κ3) is 31.1. The Bertz CT molecular complexity index is 1230. The van der Waals surface area contributed by atoms with Gasteiger partial charge in [-0.2, -0.15) is 0 Å². The van der Waals surface area contributed by atoms with Crippen molar-refractivity contribution in [2.24, 2.45) is 5.92 Å². The lowest BCUT2D eigenvalue weighted by Gasteiger charge is -2.23. The van der Waals surface area contributed by atoms with Gasteiger partial charge in [0.05, 0.1) is 18.9 Å². The maximum Gasteiger partial charge on any atom is 0.508 e. The highest BCUT2D eigenvalue weighted by molar-refractivity contribution is 5.69. The fourth-order valence-electron chi connectivity index (χ4n) is 8.29. The van der Waals surface area contributed by atoms with Gasteiger partial charge in [0.25, 0.3) is 0 Å². The van der Waals surface area contributed by atoms with Crippen LogP contribution in [-0.2, 0) is 25.4 Å². The van der Waals surface area contributed by atoms with Crippen LogP contribution < -0.4 is 16.2 Å². The summed E-state index contributed by atoms with van der Waals surface area (Å²) in [6.07, 6.45) is 36.4. The lowest BCUT2D eigenvalue weighted by Crippen LogP contribution is -2.39. The number of hydrogen-bond acceptors (Lipinski definition) is 9. The second-order valence-corrected chi connectivity index (χ2v) is 18.3. The molecule has 0 aliphatic heterocycles. The Balaban J connectivity index is 2.43. The molecule has 61 heavy (non-hydrogen) atoms. The van der Waals surface area contributed by atoms with Crippen molar-refractivity contribution >= 4 is 17.8 Å². The molecule has 0 fully saturated rings. The van der Waals surface area contributed by atoms with Gasteiger partial charge >= 0.3 is 12.1 Å². The van der Waals surface area contributed by atoms with Crippen molar-refractivity contribution in [3.8, 4) is 0 Å². The molecule has 0 amide bonds. The molecule has 0 aliphatic rings. The van der Waals surface area contributed by atoms with Crippen LogP contribution in [0.25, 0.3) is 0 Å². The number of carbonyl (C=O) groups is 2. The summed E-state index contributed by atoms with van der Waals surface area (Å²) in [5.41, 5.74) is 0.512. The summed E-state index contributed by atoms with van der Waals surface area (Å²) in [4.78, 5) is 51.6. The average molecular weight is 861 g/mol. The molecule has 9 heteroatoms. The van der Waals surface area contributed by atoms with Gasteiger partial charge in [0.1, 0.15) is 6.10 Å². The van der Waals surface area contributed by atoms with Crippen molar-refractivity contribution in [3.05, 3.63) is 26.0 Å². The molecule has 0 spiro atoms. The third-order valence-corrected chi connectivity index (χ3v) is 12.2. The SMILES string of the molecule is CCCCCCCCCOC(=O)OCC(C)CCCCN(CCCCCCCC(=O)OC(CCCCCCCC)CCCCCCCC)CCCNc1c(CCC)c(=O)c1=O. The number of ether oxygens (including phenoxy) is 3. The lowest BCUT2D eigenvalue weighted by molar-refractivity contribution is -0.150. The molecular weight excluding hydrogens is 765 g/mol. The van der Waals surface area contributed by atoms with E-state index in [4.69, 9.17) is 14.2 Å². The molecule has 356 valence electrons. The fraction of sp³-hybridized carbons (Fsp3) is 0.885. The number of esters is 1. The highest BCUT2D eigenvalue weighted by Gasteiger charge is 2.19. The molecule has 0 aliphatic carbocycles. The minimum atomic E-state index is -0.547. The van der Waals surface area contributed by atoms with Crippen LogP contribution in [0.2, 0.25) is 0 Å². The number of rotatable bonds is 45.